The van der Waals surface area contributed by atoms with Crippen molar-refractivity contribution in [1.82, 2.24) is 5.32 Å². The fraction of sp³-hybridized carbons (Fsp3) is 0.533. The van der Waals surface area contributed by atoms with Gasteiger partial charge in [-0.1, -0.05) is 38.0 Å². The first-order valence-corrected chi connectivity index (χ1v) is 6.24. The smallest absolute Gasteiger partial charge is 0.251 e. The van der Waals surface area contributed by atoms with Gasteiger partial charge in [-0.2, -0.15) is 0 Å². The monoisotopic (exact) mass is 249 g/mol. The molecule has 0 saturated carbocycles. The minimum absolute atomic E-state index is 0.134. The quantitative estimate of drug-likeness (QED) is 0.864. The summed E-state index contributed by atoms with van der Waals surface area (Å²) >= 11 is 0. The molecule has 18 heavy (non-hydrogen) atoms. The van der Waals surface area contributed by atoms with E-state index >= 15 is 0 Å². The Bertz CT molecular complexity index is 412. The molecule has 0 radical (unpaired) electrons. The Morgan fingerprint density at radius 1 is 1.22 bits per heavy atom. The van der Waals surface area contributed by atoms with E-state index in [1.807, 2.05) is 52.8 Å². The van der Waals surface area contributed by atoms with Crippen molar-refractivity contribution in [2.45, 2.75) is 40.7 Å². The number of aryl methyl sites for hydroxylation is 2. The van der Waals surface area contributed by atoms with Crippen LogP contribution in [0.1, 0.15) is 42.3 Å². The number of aliphatic hydroxyl groups excluding tert-OH is 1. The van der Waals surface area contributed by atoms with E-state index in [4.69, 9.17) is 0 Å². The third-order valence-electron chi connectivity index (χ3n) is 2.94. The molecule has 0 fully saturated rings. The zero-order valence-corrected chi connectivity index (χ0v) is 11.9. The lowest BCUT2D eigenvalue weighted by molar-refractivity contribution is 0.0587. The molecule has 1 aromatic rings. The normalized spacial score (nSPS) is 13.2. The summed E-state index contributed by atoms with van der Waals surface area (Å²) < 4.78 is 0. The summed E-state index contributed by atoms with van der Waals surface area (Å²) in [6.45, 7) is 10.0. The molecule has 0 bridgehead atoms. The molecule has 0 heterocycles. The second kappa shape index (κ2) is 5.53. The van der Waals surface area contributed by atoms with E-state index in [1.54, 1.807) is 0 Å². The van der Waals surface area contributed by atoms with Gasteiger partial charge in [0.1, 0.15) is 0 Å². The van der Waals surface area contributed by atoms with Crippen molar-refractivity contribution >= 4 is 5.91 Å². The highest BCUT2D eigenvalue weighted by atomic mass is 16.3. The fourth-order valence-electron chi connectivity index (χ4n) is 1.70. The number of benzene rings is 1. The number of hydrogen-bond donors (Lipinski definition) is 2. The number of carbonyl (C=O) groups is 1. The molecule has 1 unspecified atom stereocenters. The van der Waals surface area contributed by atoms with E-state index in [1.165, 1.54) is 0 Å². The maximum absolute atomic E-state index is 12.0. The van der Waals surface area contributed by atoms with Gasteiger partial charge in [-0.3, -0.25) is 4.79 Å². The Hall–Kier alpha value is -1.35. The van der Waals surface area contributed by atoms with Crippen molar-refractivity contribution in [2.24, 2.45) is 5.41 Å². The number of aliphatic hydroxyl groups is 1. The van der Waals surface area contributed by atoms with Crippen molar-refractivity contribution < 1.29 is 9.90 Å². The molecule has 0 aliphatic carbocycles. The summed E-state index contributed by atoms with van der Waals surface area (Å²) in [4.78, 5) is 12.0. The van der Waals surface area contributed by atoms with Crippen LogP contribution >= 0.6 is 0 Å². The first kappa shape index (κ1) is 14.7. The largest absolute Gasteiger partial charge is 0.391 e. The van der Waals surface area contributed by atoms with Crippen molar-refractivity contribution in [3.8, 4) is 0 Å². The SMILES string of the molecule is Cc1cc(C)cc(C(=O)NCC(O)C(C)(C)C)c1. The molecule has 1 amide bonds. The highest BCUT2D eigenvalue weighted by molar-refractivity contribution is 5.94. The van der Waals surface area contributed by atoms with Crippen LogP contribution in [-0.2, 0) is 0 Å². The predicted octanol–water partition coefficient (Wildman–Crippen LogP) is 2.44. The van der Waals surface area contributed by atoms with Crippen molar-refractivity contribution in [2.75, 3.05) is 6.54 Å². The summed E-state index contributed by atoms with van der Waals surface area (Å²) in [5.41, 5.74) is 2.55. The lowest BCUT2D eigenvalue weighted by atomic mass is 9.89. The Morgan fingerprint density at radius 2 is 1.72 bits per heavy atom. The molecule has 0 aliphatic heterocycles. The zero-order valence-electron chi connectivity index (χ0n) is 11.9. The summed E-state index contributed by atoms with van der Waals surface area (Å²) in [5, 5.41) is 12.6. The van der Waals surface area contributed by atoms with Crippen LogP contribution < -0.4 is 5.32 Å². The van der Waals surface area contributed by atoms with Crippen molar-refractivity contribution in [3.05, 3.63) is 34.9 Å². The van der Waals surface area contributed by atoms with E-state index in [2.05, 4.69) is 5.32 Å². The Balaban J connectivity index is 2.66. The van der Waals surface area contributed by atoms with Gasteiger partial charge < -0.3 is 10.4 Å². The van der Waals surface area contributed by atoms with Crippen LogP contribution in [0, 0.1) is 19.3 Å². The predicted molar refractivity (Wildman–Crippen MR) is 73.7 cm³/mol. The topological polar surface area (TPSA) is 49.3 Å². The molecular formula is C15H23NO2. The first-order chi connectivity index (χ1) is 8.20. The van der Waals surface area contributed by atoms with Gasteiger partial charge in [-0.25, -0.2) is 0 Å². The second-order valence-electron chi connectivity index (χ2n) is 5.97. The lowest BCUT2D eigenvalue weighted by Crippen LogP contribution is -2.39. The third kappa shape index (κ3) is 4.15. The van der Waals surface area contributed by atoms with Gasteiger partial charge in [-0.05, 0) is 31.4 Å². The van der Waals surface area contributed by atoms with Gasteiger partial charge in [0.2, 0.25) is 0 Å². The van der Waals surface area contributed by atoms with E-state index in [-0.39, 0.29) is 17.9 Å². The van der Waals surface area contributed by atoms with Crippen LogP contribution in [-0.4, -0.2) is 23.7 Å². The number of carbonyl (C=O) groups excluding carboxylic acids is 1. The molecule has 0 aromatic heterocycles. The van der Waals surface area contributed by atoms with Gasteiger partial charge >= 0.3 is 0 Å². The number of nitrogens with one attached hydrogen (secondary N) is 1. The Kier molecular flexibility index (Phi) is 4.52. The van der Waals surface area contributed by atoms with Crippen LogP contribution in [0.2, 0.25) is 0 Å². The Morgan fingerprint density at radius 3 is 2.17 bits per heavy atom. The van der Waals surface area contributed by atoms with Crippen molar-refractivity contribution in [3.63, 3.8) is 0 Å². The molecule has 0 aliphatic rings. The molecule has 2 N–H and O–H groups in total. The molecule has 3 nitrogen and oxygen atoms in total. The zero-order chi connectivity index (χ0) is 13.9. The summed E-state index contributed by atoms with van der Waals surface area (Å²) in [6, 6.07) is 5.73. The lowest BCUT2D eigenvalue weighted by Gasteiger charge is -2.25. The minimum Gasteiger partial charge on any atom is -0.391 e. The van der Waals surface area contributed by atoms with Crippen LogP contribution in [0.5, 0.6) is 0 Å². The standard InChI is InChI=1S/C15H23NO2/c1-10-6-11(2)8-12(7-10)14(18)16-9-13(17)15(3,4)5/h6-8,13,17H,9H2,1-5H3,(H,16,18). The number of amides is 1. The van der Waals surface area contributed by atoms with Gasteiger partial charge in [0, 0.05) is 12.1 Å². The molecule has 3 heteroatoms. The van der Waals surface area contributed by atoms with Gasteiger partial charge in [0.15, 0.2) is 0 Å². The van der Waals surface area contributed by atoms with E-state index < -0.39 is 6.10 Å². The summed E-state index contributed by atoms with van der Waals surface area (Å²) in [6.07, 6.45) is -0.549. The molecule has 0 saturated heterocycles. The van der Waals surface area contributed by atoms with Crippen LogP contribution in [0.25, 0.3) is 0 Å². The fourth-order valence-corrected chi connectivity index (χ4v) is 1.70. The highest BCUT2D eigenvalue weighted by Gasteiger charge is 2.22. The minimum atomic E-state index is -0.549. The third-order valence-corrected chi connectivity index (χ3v) is 2.94. The van der Waals surface area contributed by atoms with Crippen LogP contribution in [0.15, 0.2) is 18.2 Å². The van der Waals surface area contributed by atoms with Gasteiger partial charge in [0.25, 0.3) is 5.91 Å². The summed E-state index contributed by atoms with van der Waals surface area (Å²) in [7, 11) is 0. The number of rotatable bonds is 3. The van der Waals surface area contributed by atoms with Crippen LogP contribution in [0.4, 0.5) is 0 Å². The molecular weight excluding hydrogens is 226 g/mol. The van der Waals surface area contributed by atoms with Gasteiger partial charge in [-0.15, -0.1) is 0 Å². The molecule has 0 spiro atoms. The van der Waals surface area contributed by atoms with Crippen LogP contribution in [0.3, 0.4) is 0 Å². The maximum atomic E-state index is 12.0. The van der Waals surface area contributed by atoms with E-state index in [0.717, 1.165) is 11.1 Å². The Labute approximate surface area is 109 Å². The highest BCUT2D eigenvalue weighted by Crippen LogP contribution is 2.18. The molecule has 100 valence electrons. The first-order valence-electron chi connectivity index (χ1n) is 6.24. The number of hydrogen-bond acceptors (Lipinski definition) is 2. The van der Waals surface area contributed by atoms with E-state index in [0.29, 0.717) is 5.56 Å². The molecule has 1 rings (SSSR count). The second-order valence-corrected chi connectivity index (χ2v) is 5.97. The average Bonchev–Trinajstić information content (AvgIpc) is 2.22. The average molecular weight is 249 g/mol. The van der Waals surface area contributed by atoms with Crippen molar-refractivity contribution in [1.29, 1.82) is 0 Å². The molecule has 1 atom stereocenters. The van der Waals surface area contributed by atoms with E-state index in [9.17, 15) is 9.90 Å². The summed E-state index contributed by atoms with van der Waals surface area (Å²) in [5.74, 6) is -0.134. The molecule has 1 aromatic carbocycles. The van der Waals surface area contributed by atoms with Gasteiger partial charge in [0.05, 0.1) is 6.10 Å². The maximum Gasteiger partial charge on any atom is 0.251 e.